The molecule has 2 aromatic heterocycles. The number of hydrogen-bond acceptors (Lipinski definition) is 6. The molecular weight excluding hydrogens is 369 g/mol. The predicted octanol–water partition coefficient (Wildman–Crippen LogP) is 2.15. The summed E-state index contributed by atoms with van der Waals surface area (Å²) in [7, 11) is 0. The summed E-state index contributed by atoms with van der Waals surface area (Å²) in [5, 5.41) is 21.4. The molecule has 0 aliphatic carbocycles. The van der Waals surface area contributed by atoms with Crippen LogP contribution < -0.4 is 5.32 Å². The topological polar surface area (TPSA) is 121 Å². The van der Waals surface area contributed by atoms with E-state index < -0.39 is 10.8 Å². The van der Waals surface area contributed by atoms with Crippen LogP contribution in [0.25, 0.3) is 0 Å². The van der Waals surface area contributed by atoms with E-state index in [4.69, 9.17) is 0 Å². The minimum absolute atomic E-state index is 0.141. The van der Waals surface area contributed by atoms with Gasteiger partial charge in [-0.1, -0.05) is 19.1 Å². The summed E-state index contributed by atoms with van der Waals surface area (Å²) in [4.78, 5) is 26.6. The highest BCUT2D eigenvalue weighted by Gasteiger charge is 2.21. The second-order valence-electron chi connectivity index (χ2n) is 6.37. The molecule has 1 aromatic carbocycles. The van der Waals surface area contributed by atoms with Gasteiger partial charge in [0.2, 0.25) is 11.9 Å². The molecule has 28 heavy (non-hydrogen) atoms. The van der Waals surface area contributed by atoms with Gasteiger partial charge in [-0.25, -0.2) is 14.1 Å². The van der Waals surface area contributed by atoms with Crippen molar-refractivity contribution in [2.45, 2.75) is 26.9 Å². The second-order valence-corrected chi connectivity index (χ2v) is 6.37. The van der Waals surface area contributed by atoms with Crippen molar-refractivity contribution in [3.8, 4) is 0 Å². The van der Waals surface area contributed by atoms with Gasteiger partial charge < -0.3 is 10.1 Å². The number of amides is 1. The molecule has 3 rings (SSSR count). The Hall–Kier alpha value is -3.63. The van der Waals surface area contributed by atoms with Crippen LogP contribution in [0.4, 0.5) is 16.2 Å². The Morgan fingerprint density at radius 3 is 2.68 bits per heavy atom. The van der Waals surface area contributed by atoms with Crippen molar-refractivity contribution in [1.29, 1.82) is 0 Å². The Balaban J connectivity index is 1.59. The number of hydrogen-bond donors (Lipinski definition) is 1. The van der Waals surface area contributed by atoms with E-state index >= 15 is 0 Å². The number of aromatic nitrogens is 5. The van der Waals surface area contributed by atoms with Gasteiger partial charge >= 0.3 is 5.82 Å². The third-order valence-corrected chi connectivity index (χ3v) is 4.08. The molecule has 1 amide bonds. The van der Waals surface area contributed by atoms with Crippen LogP contribution in [0, 0.1) is 28.8 Å². The molecule has 146 valence electrons. The van der Waals surface area contributed by atoms with Gasteiger partial charge in [0.1, 0.15) is 12.1 Å². The van der Waals surface area contributed by atoms with Gasteiger partial charge in [-0.05, 0) is 29.5 Å². The number of anilines is 1. The van der Waals surface area contributed by atoms with Crippen LogP contribution in [0.5, 0.6) is 0 Å². The first-order valence-corrected chi connectivity index (χ1v) is 8.45. The number of nitrogens with one attached hydrogen (secondary N) is 1. The zero-order valence-electron chi connectivity index (χ0n) is 15.2. The molecule has 0 radical (unpaired) electrons. The predicted molar refractivity (Wildman–Crippen MR) is 96.9 cm³/mol. The van der Waals surface area contributed by atoms with E-state index in [-0.39, 0.29) is 30.0 Å². The molecule has 11 heteroatoms. The molecule has 0 spiro atoms. The summed E-state index contributed by atoms with van der Waals surface area (Å²) < 4.78 is 15.9. The lowest BCUT2D eigenvalue weighted by Crippen LogP contribution is -2.25. The van der Waals surface area contributed by atoms with Crippen molar-refractivity contribution in [1.82, 2.24) is 24.5 Å². The number of rotatable bonds is 7. The number of halogens is 1. The third kappa shape index (κ3) is 4.55. The van der Waals surface area contributed by atoms with Crippen LogP contribution in [0.3, 0.4) is 0 Å². The molecule has 2 heterocycles. The van der Waals surface area contributed by atoms with E-state index in [1.165, 1.54) is 33.9 Å². The molecule has 0 aliphatic heterocycles. The molecule has 0 saturated heterocycles. The fourth-order valence-corrected chi connectivity index (χ4v) is 2.55. The van der Waals surface area contributed by atoms with Crippen molar-refractivity contribution < 1.29 is 14.1 Å². The Morgan fingerprint density at radius 2 is 2.04 bits per heavy atom. The van der Waals surface area contributed by atoms with Gasteiger partial charge in [-0.2, -0.15) is 4.68 Å². The standard InChI is InChI=1S/C17H18FN7O3/c1-11(8-24-12(2)7-15(21-24)25(27)28)16(26)20-17-19-10-23(22-17)9-13-3-5-14(18)6-4-13/h3-7,10-11H,8-9H2,1-2H3,(H,20,22,26). The number of aryl methyl sites for hydroxylation is 1. The van der Waals surface area contributed by atoms with Crippen LogP contribution in [-0.2, 0) is 17.9 Å². The molecule has 10 nitrogen and oxygen atoms in total. The first-order valence-electron chi connectivity index (χ1n) is 8.45. The van der Waals surface area contributed by atoms with Crippen LogP contribution in [-0.4, -0.2) is 35.4 Å². The Morgan fingerprint density at radius 1 is 1.32 bits per heavy atom. The maximum atomic E-state index is 12.9. The molecule has 1 unspecified atom stereocenters. The number of nitro groups is 1. The van der Waals surface area contributed by atoms with Gasteiger partial charge in [0.25, 0.3) is 0 Å². The highest BCUT2D eigenvalue weighted by molar-refractivity contribution is 5.90. The maximum Gasteiger partial charge on any atom is 0.390 e. The lowest BCUT2D eigenvalue weighted by atomic mass is 10.1. The number of benzene rings is 1. The van der Waals surface area contributed by atoms with Crippen molar-refractivity contribution in [3.05, 3.63) is 63.8 Å². The minimum Gasteiger partial charge on any atom is -0.358 e. The highest BCUT2D eigenvalue weighted by Crippen LogP contribution is 2.14. The van der Waals surface area contributed by atoms with Crippen LogP contribution in [0.2, 0.25) is 0 Å². The van der Waals surface area contributed by atoms with Crippen molar-refractivity contribution in [2.24, 2.45) is 5.92 Å². The van der Waals surface area contributed by atoms with E-state index in [0.717, 1.165) is 5.56 Å². The summed E-state index contributed by atoms with van der Waals surface area (Å²) in [6, 6.07) is 7.35. The zero-order valence-corrected chi connectivity index (χ0v) is 15.2. The highest BCUT2D eigenvalue weighted by atomic mass is 19.1. The Labute approximate surface area is 159 Å². The van der Waals surface area contributed by atoms with Gasteiger partial charge in [-0.3, -0.25) is 10.1 Å². The van der Waals surface area contributed by atoms with Crippen LogP contribution in [0.15, 0.2) is 36.7 Å². The van der Waals surface area contributed by atoms with Gasteiger partial charge in [0.05, 0.1) is 35.9 Å². The average molecular weight is 387 g/mol. The SMILES string of the molecule is Cc1cc([N+](=O)[O-])nn1CC(C)C(=O)Nc1ncn(Cc2ccc(F)cc2)n1. The molecule has 0 fully saturated rings. The van der Waals surface area contributed by atoms with Gasteiger partial charge in [0, 0.05) is 0 Å². The summed E-state index contributed by atoms with van der Waals surface area (Å²) in [5.41, 5.74) is 1.43. The molecule has 0 bridgehead atoms. The summed E-state index contributed by atoms with van der Waals surface area (Å²) in [6.45, 7) is 3.93. The Bertz CT molecular complexity index is 997. The van der Waals surface area contributed by atoms with Crippen molar-refractivity contribution in [3.63, 3.8) is 0 Å². The summed E-state index contributed by atoms with van der Waals surface area (Å²) >= 11 is 0. The van der Waals surface area contributed by atoms with Crippen molar-refractivity contribution in [2.75, 3.05) is 5.32 Å². The van der Waals surface area contributed by atoms with Gasteiger partial charge in [-0.15, -0.1) is 5.10 Å². The molecule has 1 N–H and O–H groups in total. The van der Waals surface area contributed by atoms with E-state index in [0.29, 0.717) is 12.2 Å². The third-order valence-electron chi connectivity index (χ3n) is 4.08. The molecular formula is C17H18FN7O3. The minimum atomic E-state index is -0.577. The first-order chi connectivity index (χ1) is 13.3. The number of nitrogens with zero attached hydrogens (tertiary/aromatic N) is 6. The lowest BCUT2D eigenvalue weighted by Gasteiger charge is -2.09. The summed E-state index contributed by atoms with van der Waals surface area (Å²) in [6.07, 6.45) is 1.46. The van der Waals surface area contributed by atoms with E-state index in [2.05, 4.69) is 20.5 Å². The monoisotopic (exact) mass is 387 g/mol. The number of carbonyl (C=O) groups is 1. The van der Waals surface area contributed by atoms with Crippen molar-refractivity contribution >= 4 is 17.7 Å². The second kappa shape index (κ2) is 7.94. The maximum absolute atomic E-state index is 12.9. The average Bonchev–Trinajstić information content (AvgIpc) is 3.24. The molecule has 0 aliphatic rings. The fourth-order valence-electron chi connectivity index (χ4n) is 2.55. The zero-order chi connectivity index (χ0) is 20.3. The summed E-state index contributed by atoms with van der Waals surface area (Å²) in [5.74, 6) is -1.28. The molecule has 3 aromatic rings. The van der Waals surface area contributed by atoms with Crippen LogP contribution >= 0.6 is 0 Å². The molecule has 0 saturated carbocycles. The quantitative estimate of drug-likeness (QED) is 0.490. The van der Waals surface area contributed by atoms with E-state index in [9.17, 15) is 19.3 Å². The fraction of sp³-hybridized carbons (Fsp3) is 0.294. The first kappa shape index (κ1) is 19.1. The van der Waals surface area contributed by atoms with E-state index in [1.807, 2.05) is 0 Å². The Kier molecular flexibility index (Phi) is 5.43. The largest absolute Gasteiger partial charge is 0.390 e. The lowest BCUT2D eigenvalue weighted by molar-refractivity contribution is -0.389. The number of carbonyl (C=O) groups excluding carboxylic acids is 1. The molecule has 1 atom stereocenters. The smallest absolute Gasteiger partial charge is 0.358 e. The normalized spacial score (nSPS) is 12.0. The van der Waals surface area contributed by atoms with Gasteiger partial charge in [0.15, 0.2) is 0 Å². The van der Waals surface area contributed by atoms with E-state index in [1.54, 1.807) is 26.0 Å². The van der Waals surface area contributed by atoms with Crippen LogP contribution in [0.1, 0.15) is 18.2 Å².